The third kappa shape index (κ3) is 8.14. The van der Waals surface area contributed by atoms with Gasteiger partial charge in [0, 0.05) is 37.7 Å². The summed E-state index contributed by atoms with van der Waals surface area (Å²) in [4.78, 5) is 35.5. The molecule has 2 aromatic carbocycles. The fourth-order valence-corrected chi connectivity index (χ4v) is 3.28. The molecular formula is C23H25F4N3O4. The molecule has 4 N–H and O–H groups in total. The minimum Gasteiger partial charge on any atom is -0.475 e. The predicted octanol–water partition coefficient (Wildman–Crippen LogP) is 3.72. The first kappa shape index (κ1) is 26.8. The lowest BCUT2D eigenvalue weighted by Gasteiger charge is -2.31. The van der Waals surface area contributed by atoms with Crippen LogP contribution in [-0.2, 0) is 17.9 Å². The van der Waals surface area contributed by atoms with Crippen molar-refractivity contribution >= 4 is 17.8 Å². The van der Waals surface area contributed by atoms with Gasteiger partial charge in [-0.15, -0.1) is 0 Å². The van der Waals surface area contributed by atoms with Gasteiger partial charge in [-0.1, -0.05) is 24.3 Å². The molecule has 0 aliphatic carbocycles. The third-order valence-electron chi connectivity index (χ3n) is 5.23. The van der Waals surface area contributed by atoms with Crippen molar-refractivity contribution in [2.45, 2.75) is 32.1 Å². The molecule has 0 radical (unpaired) electrons. The highest BCUT2D eigenvalue weighted by Crippen LogP contribution is 2.22. The standard InChI is InChI=1S/C21H24FN3O2.C2HF3O2/c22-19-7-5-17(6-8-19)20(26)18-9-11-25(12-10-18)21(27)24-14-16-3-1-15(13-23)2-4-16;3-2(4,5)1(6)7/h1-8,18H,9-14,23H2,(H,24,27);(H,6,7). The van der Waals surface area contributed by atoms with Crippen molar-refractivity contribution in [2.75, 3.05) is 13.1 Å². The van der Waals surface area contributed by atoms with Crippen LogP contribution in [-0.4, -0.2) is 47.1 Å². The number of Topliss-reactive ketones (excluding diaryl/α,β-unsaturated/α-hetero) is 1. The van der Waals surface area contributed by atoms with Gasteiger partial charge in [0.25, 0.3) is 0 Å². The molecule has 3 rings (SSSR count). The van der Waals surface area contributed by atoms with Gasteiger partial charge >= 0.3 is 18.2 Å². The van der Waals surface area contributed by atoms with E-state index in [1.54, 1.807) is 4.90 Å². The monoisotopic (exact) mass is 483 g/mol. The quantitative estimate of drug-likeness (QED) is 0.443. The summed E-state index contributed by atoms with van der Waals surface area (Å²) < 4.78 is 44.7. The molecule has 0 atom stereocenters. The number of carboxylic acids is 1. The van der Waals surface area contributed by atoms with E-state index in [1.807, 2.05) is 24.3 Å². The van der Waals surface area contributed by atoms with Crippen molar-refractivity contribution in [1.82, 2.24) is 10.2 Å². The number of nitrogens with zero attached hydrogens (tertiary/aromatic N) is 1. The highest BCUT2D eigenvalue weighted by atomic mass is 19.4. The number of likely N-dealkylation sites (tertiary alicyclic amines) is 1. The summed E-state index contributed by atoms with van der Waals surface area (Å²) in [6.45, 7) is 2.03. The van der Waals surface area contributed by atoms with Crippen LogP contribution in [0.3, 0.4) is 0 Å². The average Bonchev–Trinajstić information content (AvgIpc) is 2.83. The van der Waals surface area contributed by atoms with Crippen LogP contribution in [0.5, 0.6) is 0 Å². The van der Waals surface area contributed by atoms with Crippen molar-refractivity contribution in [2.24, 2.45) is 11.7 Å². The van der Waals surface area contributed by atoms with Gasteiger partial charge in [0.2, 0.25) is 0 Å². The first-order valence-corrected chi connectivity index (χ1v) is 10.4. The Kier molecular flexibility index (Phi) is 9.55. The topological polar surface area (TPSA) is 113 Å². The van der Waals surface area contributed by atoms with Crippen molar-refractivity contribution in [1.29, 1.82) is 0 Å². The van der Waals surface area contributed by atoms with E-state index in [0.29, 0.717) is 44.6 Å². The number of alkyl halides is 3. The summed E-state index contributed by atoms with van der Waals surface area (Å²) >= 11 is 0. The Morgan fingerprint density at radius 2 is 1.47 bits per heavy atom. The molecule has 0 bridgehead atoms. The smallest absolute Gasteiger partial charge is 0.475 e. The Balaban J connectivity index is 0.000000509. The molecule has 0 spiro atoms. The van der Waals surface area contributed by atoms with Gasteiger partial charge in [0.1, 0.15) is 5.82 Å². The SMILES string of the molecule is NCc1ccc(CNC(=O)N2CCC(C(=O)c3ccc(F)cc3)CC2)cc1.O=C(O)C(F)(F)F. The van der Waals surface area contributed by atoms with Gasteiger partial charge in [-0.2, -0.15) is 13.2 Å². The number of carbonyl (C=O) groups excluding carboxylic acids is 2. The van der Waals surface area contributed by atoms with E-state index < -0.39 is 12.1 Å². The Hall–Kier alpha value is -3.47. The second-order valence-corrected chi connectivity index (χ2v) is 7.61. The number of hydrogen-bond acceptors (Lipinski definition) is 4. The number of nitrogens with two attached hydrogens (primary N) is 1. The summed E-state index contributed by atoms with van der Waals surface area (Å²) in [5, 5.41) is 10.0. The molecule has 0 unspecified atom stereocenters. The van der Waals surface area contributed by atoms with E-state index in [9.17, 15) is 27.2 Å². The van der Waals surface area contributed by atoms with Gasteiger partial charge in [0.15, 0.2) is 5.78 Å². The Morgan fingerprint density at radius 1 is 0.971 bits per heavy atom. The zero-order valence-corrected chi connectivity index (χ0v) is 18.1. The average molecular weight is 483 g/mol. The molecule has 1 saturated heterocycles. The van der Waals surface area contributed by atoms with E-state index in [4.69, 9.17) is 15.6 Å². The first-order valence-electron chi connectivity index (χ1n) is 10.4. The largest absolute Gasteiger partial charge is 0.490 e. The molecule has 7 nitrogen and oxygen atoms in total. The number of ketones is 1. The van der Waals surface area contributed by atoms with Crippen molar-refractivity contribution in [3.05, 3.63) is 71.0 Å². The minimum atomic E-state index is -5.08. The molecule has 1 aliphatic rings. The molecule has 1 heterocycles. The molecule has 2 amide bonds. The maximum atomic E-state index is 13.0. The fourth-order valence-electron chi connectivity index (χ4n) is 3.28. The summed E-state index contributed by atoms with van der Waals surface area (Å²) in [7, 11) is 0. The highest BCUT2D eigenvalue weighted by Gasteiger charge is 2.38. The second kappa shape index (κ2) is 12.1. The zero-order chi connectivity index (χ0) is 25.3. The maximum Gasteiger partial charge on any atom is 0.490 e. The van der Waals surface area contributed by atoms with E-state index in [0.717, 1.165) is 11.1 Å². The Bertz CT molecular complexity index is 971. The van der Waals surface area contributed by atoms with Crippen molar-refractivity contribution < 1.29 is 37.1 Å². The number of piperidine rings is 1. The van der Waals surface area contributed by atoms with Gasteiger partial charge in [-0.25, -0.2) is 14.0 Å². The van der Waals surface area contributed by atoms with Gasteiger partial charge in [0.05, 0.1) is 0 Å². The molecule has 1 aliphatic heterocycles. The number of aliphatic carboxylic acids is 1. The summed E-state index contributed by atoms with van der Waals surface area (Å²) in [6.07, 6.45) is -3.84. The van der Waals surface area contributed by atoms with E-state index in [2.05, 4.69) is 5.32 Å². The number of benzene rings is 2. The zero-order valence-electron chi connectivity index (χ0n) is 18.1. The van der Waals surface area contributed by atoms with E-state index >= 15 is 0 Å². The molecule has 0 saturated carbocycles. The second-order valence-electron chi connectivity index (χ2n) is 7.61. The van der Waals surface area contributed by atoms with E-state index in [-0.39, 0.29) is 23.5 Å². The third-order valence-corrected chi connectivity index (χ3v) is 5.23. The summed E-state index contributed by atoms with van der Waals surface area (Å²) in [5.41, 5.74) is 8.18. The lowest BCUT2D eigenvalue weighted by molar-refractivity contribution is -0.192. The number of carboxylic acid groups (broad SMARTS) is 1. The van der Waals surface area contributed by atoms with Crippen molar-refractivity contribution in [3.63, 3.8) is 0 Å². The molecule has 34 heavy (non-hydrogen) atoms. The Labute approximate surface area is 193 Å². The number of nitrogens with one attached hydrogen (secondary N) is 1. The number of hydrogen-bond donors (Lipinski definition) is 3. The summed E-state index contributed by atoms with van der Waals surface area (Å²) in [5.74, 6) is -3.21. The number of rotatable bonds is 5. The number of carbonyl (C=O) groups is 3. The lowest BCUT2D eigenvalue weighted by Crippen LogP contribution is -2.45. The fraction of sp³-hybridized carbons (Fsp3) is 0.348. The van der Waals surface area contributed by atoms with Crippen molar-refractivity contribution in [3.8, 4) is 0 Å². The Morgan fingerprint density at radius 3 is 1.94 bits per heavy atom. The maximum absolute atomic E-state index is 13.0. The van der Waals surface area contributed by atoms with Gasteiger partial charge in [-0.05, 0) is 48.2 Å². The van der Waals surface area contributed by atoms with E-state index in [1.165, 1.54) is 24.3 Å². The molecule has 11 heteroatoms. The number of urea groups is 1. The number of halogens is 4. The molecule has 2 aromatic rings. The molecular weight excluding hydrogens is 458 g/mol. The van der Waals surface area contributed by atoms with Gasteiger partial charge < -0.3 is 21.1 Å². The minimum absolute atomic E-state index is 0.0232. The van der Waals surface area contributed by atoms with Crippen LogP contribution in [0, 0.1) is 11.7 Å². The molecule has 184 valence electrons. The van der Waals surface area contributed by atoms with Crippen LogP contribution in [0.2, 0.25) is 0 Å². The van der Waals surface area contributed by atoms with Crippen LogP contribution in [0.1, 0.15) is 34.3 Å². The summed E-state index contributed by atoms with van der Waals surface area (Å²) in [6, 6.07) is 13.3. The van der Waals surface area contributed by atoms with Crippen LogP contribution in [0.25, 0.3) is 0 Å². The lowest BCUT2D eigenvalue weighted by atomic mass is 9.89. The molecule has 0 aromatic heterocycles. The van der Waals surface area contributed by atoms with Crippen LogP contribution < -0.4 is 11.1 Å². The molecule has 1 fully saturated rings. The van der Waals surface area contributed by atoms with Crippen LogP contribution in [0.15, 0.2) is 48.5 Å². The predicted molar refractivity (Wildman–Crippen MR) is 115 cm³/mol. The van der Waals surface area contributed by atoms with Crippen LogP contribution in [0.4, 0.5) is 22.4 Å². The van der Waals surface area contributed by atoms with Crippen LogP contribution >= 0.6 is 0 Å². The van der Waals surface area contributed by atoms with Gasteiger partial charge in [-0.3, -0.25) is 4.79 Å². The highest BCUT2D eigenvalue weighted by molar-refractivity contribution is 5.98. The normalized spacial score (nSPS) is 14.1. The first-order chi connectivity index (χ1) is 16.0. The number of amides is 2.